The molecule has 282 valence electrons. The molecule has 1 N–H and O–H groups in total. The van der Waals surface area contributed by atoms with Crippen LogP contribution >= 0.6 is 0 Å². The first-order valence-corrected chi connectivity index (χ1v) is 21.7. The molecule has 2 aromatic heterocycles. The number of nitro groups is 1. The molecule has 5 rings (SSSR count). The lowest BCUT2D eigenvalue weighted by Crippen LogP contribution is -2.66. The number of nitro benzene ring substituents is 1. The lowest BCUT2D eigenvalue weighted by Gasteiger charge is -2.51. The molecule has 1 aromatic carbocycles. The standard InChI is InChI=1S/C35H50N6O9Si2/c1-12-17-45-30-29-27(18-46-51(21(4)5,22(6)7)50-52(49-29,23(8)9)24(10)11)48-34(30)40-19-36-28-31(40)37-35(38-32(42)20(2)3)39-33(28)47-26-16-14-13-15-25(26)41(43)44/h1,13-16,19-24,27,29-30,34H,17-18H2,2-11H3,(H,37,38,39,42)/t27-,29-,30-,34-/m1/s1. The molecule has 2 saturated heterocycles. The number of carbonyl (C=O) groups is 1. The Labute approximate surface area is 306 Å². The predicted molar refractivity (Wildman–Crippen MR) is 198 cm³/mol. The average Bonchev–Trinajstić information content (AvgIpc) is 3.63. The highest BCUT2D eigenvalue weighted by molar-refractivity contribution is 6.84. The summed E-state index contributed by atoms with van der Waals surface area (Å²) in [4.78, 5) is 37.8. The zero-order chi connectivity index (χ0) is 38.1. The number of nitrogens with zero attached hydrogens (tertiary/aromatic N) is 5. The van der Waals surface area contributed by atoms with Crippen molar-refractivity contribution in [1.29, 1.82) is 0 Å². The van der Waals surface area contributed by atoms with Crippen molar-refractivity contribution in [2.24, 2.45) is 5.92 Å². The second-order valence-electron chi connectivity index (χ2n) is 14.7. The Morgan fingerprint density at radius 1 is 1.06 bits per heavy atom. The lowest BCUT2D eigenvalue weighted by atomic mass is 10.1. The molecule has 2 aliphatic rings. The third kappa shape index (κ3) is 7.38. The van der Waals surface area contributed by atoms with Gasteiger partial charge in [-0.25, -0.2) is 4.98 Å². The Bertz CT molecular complexity index is 1790. The number of benzene rings is 1. The Balaban J connectivity index is 1.66. The van der Waals surface area contributed by atoms with Gasteiger partial charge in [-0.15, -0.1) is 6.42 Å². The van der Waals surface area contributed by atoms with Gasteiger partial charge in [0.25, 0.3) is 5.88 Å². The van der Waals surface area contributed by atoms with Gasteiger partial charge in [-0.05, 0) is 28.2 Å². The number of anilines is 1. The summed E-state index contributed by atoms with van der Waals surface area (Å²) in [5.74, 6) is 1.58. The molecule has 0 aliphatic carbocycles. The van der Waals surface area contributed by atoms with E-state index >= 15 is 0 Å². The number of ether oxygens (including phenoxy) is 3. The van der Waals surface area contributed by atoms with E-state index in [9.17, 15) is 14.9 Å². The summed E-state index contributed by atoms with van der Waals surface area (Å²) < 4.78 is 42.5. The number of hydrogen-bond acceptors (Lipinski definition) is 12. The molecule has 0 saturated carbocycles. The summed E-state index contributed by atoms with van der Waals surface area (Å²) in [5.41, 5.74) is 0.501. The molecule has 0 radical (unpaired) electrons. The van der Waals surface area contributed by atoms with Gasteiger partial charge in [0, 0.05) is 12.0 Å². The zero-order valence-electron chi connectivity index (χ0n) is 31.5. The van der Waals surface area contributed by atoms with Gasteiger partial charge in [-0.3, -0.25) is 24.8 Å². The van der Waals surface area contributed by atoms with Crippen LogP contribution in [0.2, 0.25) is 22.2 Å². The van der Waals surface area contributed by atoms with Crippen LogP contribution in [-0.2, 0) is 27.2 Å². The number of imidazole rings is 1. The van der Waals surface area contributed by atoms with E-state index in [1.807, 2.05) is 0 Å². The summed E-state index contributed by atoms with van der Waals surface area (Å²) in [5, 5.41) is 14.5. The highest BCUT2D eigenvalue weighted by Gasteiger charge is 2.62. The fourth-order valence-corrected chi connectivity index (χ4v) is 18.1. The quantitative estimate of drug-likeness (QED) is 0.0871. The fraction of sp³-hybridized carbons (Fsp3) is 0.600. The van der Waals surface area contributed by atoms with E-state index in [1.54, 1.807) is 24.5 Å². The van der Waals surface area contributed by atoms with Gasteiger partial charge in [-0.2, -0.15) is 9.97 Å². The van der Waals surface area contributed by atoms with E-state index in [4.69, 9.17) is 33.6 Å². The maximum Gasteiger partial charge on any atom is 0.335 e. The first-order chi connectivity index (χ1) is 24.6. The van der Waals surface area contributed by atoms with E-state index in [1.165, 1.54) is 24.5 Å². The smallest absolute Gasteiger partial charge is 0.335 e. The van der Waals surface area contributed by atoms with Gasteiger partial charge in [0.2, 0.25) is 17.6 Å². The van der Waals surface area contributed by atoms with Crippen LogP contribution in [0.3, 0.4) is 0 Å². The van der Waals surface area contributed by atoms with Crippen molar-refractivity contribution < 1.29 is 36.9 Å². The molecule has 4 atom stereocenters. The third-order valence-electron chi connectivity index (χ3n) is 9.67. The molecular formula is C35H50N6O9Si2. The summed E-state index contributed by atoms with van der Waals surface area (Å²) >= 11 is 0. The first-order valence-electron chi connectivity index (χ1n) is 17.7. The number of amides is 1. The maximum atomic E-state index is 12.8. The largest absolute Gasteiger partial charge is 0.429 e. The number of aromatic nitrogens is 4. The fourth-order valence-electron chi connectivity index (χ4n) is 6.93. The van der Waals surface area contributed by atoms with Crippen molar-refractivity contribution >= 4 is 45.8 Å². The minimum atomic E-state index is -3.07. The zero-order valence-corrected chi connectivity index (χ0v) is 33.5. The Morgan fingerprint density at radius 3 is 2.31 bits per heavy atom. The van der Waals surface area contributed by atoms with Crippen LogP contribution in [0.25, 0.3) is 11.2 Å². The van der Waals surface area contributed by atoms with E-state index in [-0.39, 0.29) is 75.7 Å². The highest BCUT2D eigenvalue weighted by atomic mass is 28.5. The van der Waals surface area contributed by atoms with Crippen LogP contribution in [0, 0.1) is 28.4 Å². The molecule has 15 nitrogen and oxygen atoms in total. The van der Waals surface area contributed by atoms with E-state index < -0.39 is 52.5 Å². The molecule has 0 spiro atoms. The van der Waals surface area contributed by atoms with Crippen LogP contribution in [0.1, 0.15) is 75.5 Å². The molecule has 3 aromatic rings. The van der Waals surface area contributed by atoms with Crippen molar-refractivity contribution in [3.05, 3.63) is 40.7 Å². The highest BCUT2D eigenvalue weighted by Crippen LogP contribution is 2.49. The van der Waals surface area contributed by atoms with Gasteiger partial charge in [0.05, 0.1) is 17.9 Å². The number of fused-ring (bicyclic) bond motifs is 2. The van der Waals surface area contributed by atoms with Crippen LogP contribution in [0.5, 0.6) is 11.6 Å². The summed E-state index contributed by atoms with van der Waals surface area (Å²) in [6.45, 7) is 20.8. The Morgan fingerprint density at radius 2 is 1.71 bits per heavy atom. The maximum absolute atomic E-state index is 12.8. The second kappa shape index (κ2) is 15.7. The second-order valence-corrected chi connectivity index (χ2v) is 23.6. The lowest BCUT2D eigenvalue weighted by molar-refractivity contribution is -0.385. The van der Waals surface area contributed by atoms with Gasteiger partial charge in [-0.1, -0.05) is 87.3 Å². The predicted octanol–water partition coefficient (Wildman–Crippen LogP) is 6.99. The number of hydrogen-bond donors (Lipinski definition) is 1. The first kappa shape index (κ1) is 39.4. The number of para-hydroxylation sites is 2. The Kier molecular flexibility index (Phi) is 11.9. The number of terminal acetylenes is 1. The number of carbonyl (C=O) groups excluding carboxylic acids is 1. The summed E-state index contributed by atoms with van der Waals surface area (Å²) in [7, 11) is -5.94. The average molecular weight is 755 g/mol. The van der Waals surface area contributed by atoms with E-state index in [0.29, 0.717) is 0 Å². The van der Waals surface area contributed by atoms with Crippen LogP contribution in [0.4, 0.5) is 11.6 Å². The molecule has 52 heavy (non-hydrogen) atoms. The molecule has 0 bridgehead atoms. The molecular weight excluding hydrogens is 705 g/mol. The molecule has 2 aliphatic heterocycles. The SMILES string of the molecule is C#CCO[C@@H]1[C@@H]2O[Si](C(C)C)(C(C)C)O[Si](C(C)C)(C(C)C)OC[C@H]2O[C@H]1n1cnc2c(Oc3ccccc3[N+](=O)[O-])nc(NC(=O)C(C)C)nc21. The van der Waals surface area contributed by atoms with Gasteiger partial charge in [0.1, 0.15) is 24.9 Å². The molecule has 0 unspecified atom stereocenters. The van der Waals surface area contributed by atoms with Crippen molar-refractivity contribution in [3.8, 4) is 24.0 Å². The molecule has 4 heterocycles. The van der Waals surface area contributed by atoms with Gasteiger partial charge < -0.3 is 27.2 Å². The van der Waals surface area contributed by atoms with E-state index in [0.717, 1.165) is 0 Å². The van der Waals surface area contributed by atoms with Crippen molar-refractivity contribution in [3.63, 3.8) is 0 Å². The normalized spacial score (nSPS) is 22.8. The monoisotopic (exact) mass is 754 g/mol. The molecule has 2 fully saturated rings. The van der Waals surface area contributed by atoms with Gasteiger partial charge in [0.15, 0.2) is 17.4 Å². The number of nitrogens with one attached hydrogen (secondary N) is 1. The van der Waals surface area contributed by atoms with Crippen LogP contribution in [0.15, 0.2) is 30.6 Å². The van der Waals surface area contributed by atoms with E-state index in [2.05, 4.69) is 81.6 Å². The Hall–Kier alpha value is -3.77. The molecule has 17 heteroatoms. The minimum Gasteiger partial charge on any atom is -0.429 e. The van der Waals surface area contributed by atoms with Gasteiger partial charge >= 0.3 is 22.8 Å². The molecule has 1 amide bonds. The minimum absolute atomic E-state index is 0.0310. The van der Waals surface area contributed by atoms with Crippen molar-refractivity contribution in [2.75, 3.05) is 18.5 Å². The number of rotatable bonds is 12. The van der Waals surface area contributed by atoms with Crippen molar-refractivity contribution in [2.45, 2.75) is 116 Å². The third-order valence-corrected chi connectivity index (χ3v) is 19.9. The summed E-state index contributed by atoms with van der Waals surface area (Å²) in [6.07, 6.45) is 4.37. The topological polar surface area (TPSA) is 171 Å². The van der Waals surface area contributed by atoms with Crippen molar-refractivity contribution in [1.82, 2.24) is 19.5 Å². The summed E-state index contributed by atoms with van der Waals surface area (Å²) in [6, 6.07) is 5.91. The van der Waals surface area contributed by atoms with Crippen LogP contribution < -0.4 is 10.1 Å². The van der Waals surface area contributed by atoms with Crippen LogP contribution in [-0.4, -0.2) is 79.0 Å².